The van der Waals surface area contributed by atoms with Gasteiger partial charge in [0.05, 0.1) is 6.61 Å². The second-order valence-corrected chi connectivity index (χ2v) is 6.47. The highest BCUT2D eigenvalue weighted by atomic mass is 31.2. The van der Waals surface area contributed by atoms with E-state index in [-0.39, 0.29) is 6.61 Å². The molecule has 0 aromatic heterocycles. The molecule has 0 spiro atoms. The summed E-state index contributed by atoms with van der Waals surface area (Å²) in [6.07, 6.45) is 0.882. The fraction of sp³-hybridized carbons (Fsp3) is 0.188. The van der Waals surface area contributed by atoms with Gasteiger partial charge >= 0.3 is 13.2 Å². The van der Waals surface area contributed by atoms with Gasteiger partial charge in [-0.05, 0) is 29.7 Å². The lowest BCUT2D eigenvalue weighted by atomic mass is 10.1. The Morgan fingerprint density at radius 2 is 1.73 bits per heavy atom. The Bertz CT molecular complexity index is 670. The van der Waals surface area contributed by atoms with Crippen LogP contribution < -0.4 is 5.32 Å². The normalized spacial score (nSPS) is 13.4. The van der Waals surface area contributed by atoms with Crippen LogP contribution in [0.3, 0.4) is 0 Å². The van der Waals surface area contributed by atoms with Crippen molar-refractivity contribution in [2.75, 3.05) is 5.32 Å². The van der Waals surface area contributed by atoms with Crippen molar-refractivity contribution in [3.8, 4) is 0 Å². The summed E-state index contributed by atoms with van der Waals surface area (Å²) in [6.45, 7) is 1.92. The summed E-state index contributed by atoms with van der Waals surface area (Å²) in [6, 6.07) is 16.0. The quantitative estimate of drug-likeness (QED) is 0.783. The van der Waals surface area contributed by atoms with E-state index in [1.54, 1.807) is 36.4 Å². The van der Waals surface area contributed by atoms with Crippen molar-refractivity contribution in [2.45, 2.75) is 20.0 Å². The molecule has 0 fully saturated rings. The van der Waals surface area contributed by atoms with Gasteiger partial charge in [-0.3, -0.25) is 9.32 Å². The number of benzene rings is 2. The first-order valence-corrected chi connectivity index (χ1v) is 8.51. The lowest BCUT2D eigenvalue weighted by molar-refractivity contribution is 0.232. The first-order chi connectivity index (χ1) is 10.5. The van der Waals surface area contributed by atoms with Crippen LogP contribution in [0.25, 0.3) is 0 Å². The van der Waals surface area contributed by atoms with Crippen LogP contribution in [0.1, 0.15) is 18.1 Å². The summed E-state index contributed by atoms with van der Waals surface area (Å²) in [5.41, 5.74) is 1.26. The van der Waals surface area contributed by atoms with E-state index in [0.717, 1.165) is 17.5 Å². The molecule has 22 heavy (non-hydrogen) atoms. The van der Waals surface area contributed by atoms with Gasteiger partial charge in [0.2, 0.25) is 0 Å². The molecular weight excluding hydrogens is 301 g/mol. The van der Waals surface area contributed by atoms with Crippen molar-refractivity contribution >= 4 is 18.9 Å². The molecule has 0 heterocycles. The van der Waals surface area contributed by atoms with Gasteiger partial charge in [-0.25, -0.2) is 4.57 Å². The van der Waals surface area contributed by atoms with Crippen molar-refractivity contribution in [3.05, 3.63) is 65.7 Å². The largest absolute Gasteiger partial charge is 0.416 e. The summed E-state index contributed by atoms with van der Waals surface area (Å²) in [5.74, 6) is 0. The molecule has 1 unspecified atom stereocenters. The van der Waals surface area contributed by atoms with Gasteiger partial charge in [0.1, 0.15) is 0 Å². The minimum absolute atomic E-state index is 0.100. The standard InChI is InChI=1S/C16H18NO4P/c1-2-13-8-10-15(11-9-13)17-16(18)22(19,20)21-12-14-6-4-3-5-7-14/h3-11H,2,12H2,1H3,(H,17,18)(H,19,20). The fourth-order valence-electron chi connectivity index (χ4n) is 1.81. The maximum atomic E-state index is 11.9. The Balaban J connectivity index is 1.96. The molecule has 0 radical (unpaired) electrons. The van der Waals surface area contributed by atoms with Gasteiger partial charge in [-0.1, -0.05) is 49.4 Å². The van der Waals surface area contributed by atoms with Crippen LogP contribution >= 0.6 is 7.60 Å². The molecular formula is C16H18NO4P. The predicted octanol–water partition coefficient (Wildman–Crippen LogP) is 4.18. The number of carbonyl (C=O) groups is 1. The van der Waals surface area contributed by atoms with Crippen LogP contribution in [0.4, 0.5) is 10.5 Å². The zero-order valence-corrected chi connectivity index (χ0v) is 13.1. The number of aryl methyl sites for hydroxylation is 1. The molecule has 0 saturated heterocycles. The molecule has 0 aliphatic carbocycles. The molecule has 116 valence electrons. The third-order valence-electron chi connectivity index (χ3n) is 3.12. The summed E-state index contributed by atoms with van der Waals surface area (Å²) < 4.78 is 16.8. The molecule has 2 aromatic rings. The van der Waals surface area contributed by atoms with Gasteiger partial charge in [-0.2, -0.15) is 0 Å². The summed E-state index contributed by atoms with van der Waals surface area (Å²) in [7, 11) is -4.38. The Hall–Kier alpha value is -1.94. The molecule has 2 rings (SSSR count). The first-order valence-electron chi connectivity index (χ1n) is 6.93. The van der Waals surface area contributed by atoms with E-state index in [4.69, 9.17) is 4.52 Å². The number of amides is 1. The van der Waals surface area contributed by atoms with Gasteiger partial charge in [0, 0.05) is 5.69 Å². The van der Waals surface area contributed by atoms with E-state index in [0.29, 0.717) is 5.69 Å². The Morgan fingerprint density at radius 1 is 1.09 bits per heavy atom. The number of hydrogen-bond donors (Lipinski definition) is 2. The highest BCUT2D eigenvalue weighted by molar-refractivity contribution is 7.71. The molecule has 1 atom stereocenters. The number of anilines is 1. The number of rotatable bonds is 6. The smallest absolute Gasteiger partial charge is 0.318 e. The van der Waals surface area contributed by atoms with Crippen LogP contribution in [-0.2, 0) is 22.1 Å². The molecule has 1 amide bonds. The summed E-state index contributed by atoms with van der Waals surface area (Å²) in [4.78, 5) is 21.6. The minimum Gasteiger partial charge on any atom is -0.318 e. The van der Waals surface area contributed by atoms with E-state index in [2.05, 4.69) is 5.32 Å². The monoisotopic (exact) mass is 319 g/mol. The number of nitrogens with one attached hydrogen (secondary N) is 1. The fourth-order valence-corrected chi connectivity index (χ4v) is 2.52. The van der Waals surface area contributed by atoms with Crippen molar-refractivity contribution < 1.29 is 18.8 Å². The molecule has 6 heteroatoms. The first kappa shape index (κ1) is 16.4. The lowest BCUT2D eigenvalue weighted by Gasteiger charge is -2.12. The highest BCUT2D eigenvalue weighted by Crippen LogP contribution is 2.44. The van der Waals surface area contributed by atoms with Gasteiger partial charge in [0.15, 0.2) is 0 Å². The van der Waals surface area contributed by atoms with E-state index in [1.165, 1.54) is 0 Å². The lowest BCUT2D eigenvalue weighted by Crippen LogP contribution is -2.11. The van der Waals surface area contributed by atoms with Crippen LogP contribution in [0.15, 0.2) is 54.6 Å². The molecule has 0 saturated carbocycles. The average Bonchev–Trinajstić information content (AvgIpc) is 2.54. The number of hydrogen-bond acceptors (Lipinski definition) is 3. The molecule has 0 aliphatic heterocycles. The van der Waals surface area contributed by atoms with E-state index in [9.17, 15) is 14.3 Å². The SMILES string of the molecule is CCc1ccc(NC(=O)P(=O)(O)OCc2ccccc2)cc1. The van der Waals surface area contributed by atoms with Crippen LogP contribution in [0.5, 0.6) is 0 Å². The van der Waals surface area contributed by atoms with Crippen molar-refractivity contribution in [1.82, 2.24) is 0 Å². The van der Waals surface area contributed by atoms with Gasteiger partial charge in [0.25, 0.3) is 0 Å². The van der Waals surface area contributed by atoms with E-state index in [1.807, 2.05) is 25.1 Å². The minimum atomic E-state index is -4.38. The van der Waals surface area contributed by atoms with Gasteiger partial charge < -0.3 is 10.2 Å². The van der Waals surface area contributed by atoms with Gasteiger partial charge in [-0.15, -0.1) is 0 Å². The Morgan fingerprint density at radius 3 is 2.32 bits per heavy atom. The third kappa shape index (κ3) is 4.53. The van der Waals surface area contributed by atoms with E-state index < -0.39 is 13.2 Å². The second-order valence-electron chi connectivity index (χ2n) is 4.76. The Labute approximate surface area is 129 Å². The summed E-state index contributed by atoms with van der Waals surface area (Å²) >= 11 is 0. The number of carbonyl (C=O) groups excluding carboxylic acids is 1. The molecule has 0 aliphatic rings. The summed E-state index contributed by atoms with van der Waals surface area (Å²) in [5, 5.41) is 2.39. The average molecular weight is 319 g/mol. The molecule has 0 bridgehead atoms. The molecule has 2 N–H and O–H groups in total. The van der Waals surface area contributed by atoms with Crippen LogP contribution in [0, 0.1) is 0 Å². The van der Waals surface area contributed by atoms with Crippen LogP contribution in [-0.4, -0.2) is 10.5 Å². The van der Waals surface area contributed by atoms with Crippen molar-refractivity contribution in [2.24, 2.45) is 0 Å². The maximum absolute atomic E-state index is 11.9. The van der Waals surface area contributed by atoms with Crippen LogP contribution in [0.2, 0.25) is 0 Å². The molecule has 2 aromatic carbocycles. The second kappa shape index (κ2) is 7.36. The predicted molar refractivity (Wildman–Crippen MR) is 85.9 cm³/mol. The zero-order chi connectivity index (χ0) is 16.0. The third-order valence-corrected chi connectivity index (χ3v) is 4.22. The Kier molecular flexibility index (Phi) is 5.50. The van der Waals surface area contributed by atoms with E-state index >= 15 is 0 Å². The van der Waals surface area contributed by atoms with Crippen molar-refractivity contribution in [3.63, 3.8) is 0 Å². The molecule has 5 nitrogen and oxygen atoms in total. The maximum Gasteiger partial charge on any atom is 0.416 e. The zero-order valence-electron chi connectivity index (χ0n) is 12.2. The van der Waals surface area contributed by atoms with Crippen molar-refractivity contribution in [1.29, 1.82) is 0 Å². The topological polar surface area (TPSA) is 75.6 Å². The highest BCUT2D eigenvalue weighted by Gasteiger charge is 2.30.